The summed E-state index contributed by atoms with van der Waals surface area (Å²) in [6.45, 7) is 5.25. The largest absolute Gasteiger partial charge is 0.378 e. The number of nitrogens with one attached hydrogen (secondary N) is 1. The molecule has 96 valence electrons. The fraction of sp³-hybridized carbons (Fsp3) is 0.750. The summed E-state index contributed by atoms with van der Waals surface area (Å²) < 4.78 is 11.0. The van der Waals surface area contributed by atoms with Crippen molar-refractivity contribution in [2.45, 2.75) is 31.9 Å². The quantitative estimate of drug-likeness (QED) is 0.839. The maximum Gasteiger partial charge on any atom is 0.106 e. The van der Waals surface area contributed by atoms with Crippen molar-refractivity contribution in [2.24, 2.45) is 0 Å². The zero-order valence-corrected chi connectivity index (χ0v) is 11.3. The molecule has 2 heterocycles. The van der Waals surface area contributed by atoms with Crippen LogP contribution in [-0.2, 0) is 22.4 Å². The van der Waals surface area contributed by atoms with Crippen molar-refractivity contribution in [1.82, 2.24) is 10.3 Å². The van der Waals surface area contributed by atoms with Crippen molar-refractivity contribution in [1.29, 1.82) is 0 Å². The molecule has 1 N–H and O–H groups in total. The van der Waals surface area contributed by atoms with Crippen LogP contribution in [0, 0.1) is 0 Å². The number of methoxy groups -OCH3 is 1. The van der Waals surface area contributed by atoms with Crippen LogP contribution in [0.5, 0.6) is 0 Å². The lowest BCUT2D eigenvalue weighted by atomic mass is 10.0. The van der Waals surface area contributed by atoms with Gasteiger partial charge in [0.25, 0.3) is 0 Å². The Kier molecular flexibility index (Phi) is 4.50. The number of hydrogen-bond donors (Lipinski definition) is 1. The van der Waals surface area contributed by atoms with E-state index in [-0.39, 0.29) is 5.60 Å². The number of ether oxygens (including phenoxy) is 2. The molecule has 1 aliphatic rings. The van der Waals surface area contributed by atoms with Gasteiger partial charge >= 0.3 is 0 Å². The number of aromatic nitrogens is 1. The molecule has 2 rings (SSSR count). The first-order valence-corrected chi connectivity index (χ1v) is 6.93. The Hall–Kier alpha value is -0.490. The maximum atomic E-state index is 5.56. The fourth-order valence-corrected chi connectivity index (χ4v) is 2.72. The first-order valence-electron chi connectivity index (χ1n) is 6.05. The number of rotatable bonds is 6. The Morgan fingerprint density at radius 2 is 2.53 bits per heavy atom. The van der Waals surface area contributed by atoms with E-state index in [4.69, 9.17) is 9.47 Å². The van der Waals surface area contributed by atoms with Crippen molar-refractivity contribution in [3.05, 3.63) is 16.1 Å². The molecule has 4 nitrogen and oxygen atoms in total. The van der Waals surface area contributed by atoms with Gasteiger partial charge in [-0.2, -0.15) is 0 Å². The van der Waals surface area contributed by atoms with Gasteiger partial charge in [-0.25, -0.2) is 4.98 Å². The van der Waals surface area contributed by atoms with Crippen LogP contribution >= 0.6 is 11.3 Å². The average Bonchev–Trinajstić information content (AvgIpc) is 2.98. The summed E-state index contributed by atoms with van der Waals surface area (Å²) in [5.74, 6) is 0. The minimum Gasteiger partial charge on any atom is -0.378 e. The van der Waals surface area contributed by atoms with Crippen molar-refractivity contribution >= 4 is 11.3 Å². The van der Waals surface area contributed by atoms with Crippen molar-refractivity contribution < 1.29 is 9.47 Å². The van der Waals surface area contributed by atoms with Crippen LogP contribution in [0.3, 0.4) is 0 Å². The average molecular weight is 256 g/mol. The molecular formula is C12H20N2O2S. The molecule has 1 aromatic rings. The van der Waals surface area contributed by atoms with Gasteiger partial charge in [0.05, 0.1) is 17.3 Å². The van der Waals surface area contributed by atoms with Crippen molar-refractivity contribution in [3.8, 4) is 0 Å². The number of aryl methyl sites for hydroxylation is 1. The Bertz CT molecular complexity index is 348. The molecular weight excluding hydrogens is 236 g/mol. The molecule has 1 saturated heterocycles. The van der Waals surface area contributed by atoms with Gasteiger partial charge in [-0.05, 0) is 6.42 Å². The first kappa shape index (κ1) is 13.0. The third-order valence-corrected chi connectivity index (χ3v) is 4.20. The molecule has 1 unspecified atom stereocenters. The van der Waals surface area contributed by atoms with E-state index < -0.39 is 0 Å². The highest BCUT2D eigenvalue weighted by molar-refractivity contribution is 7.09. The van der Waals surface area contributed by atoms with Gasteiger partial charge in [-0.15, -0.1) is 11.3 Å². The lowest BCUT2D eigenvalue weighted by Gasteiger charge is -2.25. The molecule has 5 heteroatoms. The Morgan fingerprint density at radius 3 is 3.12 bits per heavy atom. The van der Waals surface area contributed by atoms with Gasteiger partial charge in [0, 0.05) is 38.6 Å². The second-order valence-corrected chi connectivity index (χ2v) is 5.32. The minimum atomic E-state index is -0.135. The van der Waals surface area contributed by atoms with Crippen LogP contribution < -0.4 is 5.32 Å². The molecule has 0 spiro atoms. The van der Waals surface area contributed by atoms with Crippen molar-refractivity contribution in [2.75, 3.05) is 26.9 Å². The summed E-state index contributed by atoms with van der Waals surface area (Å²) in [4.78, 5) is 4.53. The first-order chi connectivity index (χ1) is 8.28. The molecule has 0 aliphatic carbocycles. The van der Waals surface area contributed by atoms with Gasteiger partial charge < -0.3 is 14.8 Å². The second kappa shape index (κ2) is 5.91. The van der Waals surface area contributed by atoms with Gasteiger partial charge in [-0.1, -0.05) is 6.92 Å². The van der Waals surface area contributed by atoms with Crippen molar-refractivity contribution in [3.63, 3.8) is 0 Å². The van der Waals surface area contributed by atoms with Gasteiger partial charge in [0.15, 0.2) is 0 Å². The predicted molar refractivity (Wildman–Crippen MR) is 68.4 cm³/mol. The highest BCUT2D eigenvalue weighted by Gasteiger charge is 2.34. The van der Waals surface area contributed by atoms with E-state index in [1.807, 2.05) is 0 Å². The normalized spacial score (nSPS) is 24.4. The summed E-state index contributed by atoms with van der Waals surface area (Å²) in [5.41, 5.74) is 0.987. The SMILES string of the molecule is CCc1nc(CNCC2(OC)CCOC2)cs1. The zero-order valence-electron chi connectivity index (χ0n) is 10.5. The Balaban J connectivity index is 1.78. The standard InChI is InChI=1S/C12H20N2O2S/c1-3-11-14-10(7-17-11)6-13-8-12(15-2)4-5-16-9-12/h7,13H,3-6,8-9H2,1-2H3. The molecule has 1 aromatic heterocycles. The Labute approximate surface area is 106 Å². The smallest absolute Gasteiger partial charge is 0.106 e. The van der Waals surface area contributed by atoms with E-state index >= 15 is 0 Å². The molecule has 0 aromatic carbocycles. The van der Waals surface area contributed by atoms with E-state index in [2.05, 4.69) is 22.6 Å². The third-order valence-electron chi connectivity index (χ3n) is 3.16. The minimum absolute atomic E-state index is 0.135. The molecule has 0 radical (unpaired) electrons. The molecule has 0 saturated carbocycles. The lowest BCUT2D eigenvalue weighted by Crippen LogP contribution is -2.42. The predicted octanol–water partition coefficient (Wildman–Crippen LogP) is 1.60. The van der Waals surface area contributed by atoms with Gasteiger partial charge in [0.2, 0.25) is 0 Å². The van der Waals surface area contributed by atoms with E-state index in [0.717, 1.165) is 38.2 Å². The molecule has 17 heavy (non-hydrogen) atoms. The van der Waals surface area contributed by atoms with Gasteiger partial charge in [-0.3, -0.25) is 0 Å². The van der Waals surface area contributed by atoms with E-state index in [1.54, 1.807) is 18.4 Å². The molecule has 1 fully saturated rings. The van der Waals surface area contributed by atoms with Crippen LogP contribution in [-0.4, -0.2) is 37.5 Å². The molecule has 1 aliphatic heterocycles. The topological polar surface area (TPSA) is 43.4 Å². The summed E-state index contributed by atoms with van der Waals surface area (Å²) in [6.07, 6.45) is 1.98. The zero-order chi connectivity index (χ0) is 12.1. The summed E-state index contributed by atoms with van der Waals surface area (Å²) in [5, 5.41) is 6.73. The van der Waals surface area contributed by atoms with Gasteiger partial charge in [0.1, 0.15) is 5.60 Å². The maximum absolute atomic E-state index is 5.56. The van der Waals surface area contributed by atoms with E-state index in [0.29, 0.717) is 6.61 Å². The molecule has 0 bridgehead atoms. The van der Waals surface area contributed by atoms with Crippen LogP contribution in [0.25, 0.3) is 0 Å². The highest BCUT2D eigenvalue weighted by atomic mass is 32.1. The van der Waals surface area contributed by atoms with Crippen LogP contribution in [0.4, 0.5) is 0 Å². The number of nitrogens with zero attached hydrogens (tertiary/aromatic N) is 1. The highest BCUT2D eigenvalue weighted by Crippen LogP contribution is 2.21. The summed E-state index contributed by atoms with van der Waals surface area (Å²) in [6, 6.07) is 0. The van der Waals surface area contributed by atoms with Crippen LogP contribution in [0.15, 0.2) is 5.38 Å². The molecule has 0 amide bonds. The number of thiazole rings is 1. The summed E-state index contributed by atoms with van der Waals surface area (Å²) in [7, 11) is 1.76. The monoisotopic (exact) mass is 256 g/mol. The lowest BCUT2D eigenvalue weighted by molar-refractivity contribution is -0.0159. The van der Waals surface area contributed by atoms with Crippen LogP contribution in [0.1, 0.15) is 24.0 Å². The second-order valence-electron chi connectivity index (χ2n) is 4.38. The third kappa shape index (κ3) is 3.25. The van der Waals surface area contributed by atoms with E-state index in [9.17, 15) is 0 Å². The Morgan fingerprint density at radius 1 is 1.65 bits per heavy atom. The summed E-state index contributed by atoms with van der Waals surface area (Å²) >= 11 is 1.73. The number of hydrogen-bond acceptors (Lipinski definition) is 5. The fourth-order valence-electron chi connectivity index (χ4n) is 1.97. The molecule has 1 atom stereocenters. The van der Waals surface area contributed by atoms with Crippen LogP contribution in [0.2, 0.25) is 0 Å². The van der Waals surface area contributed by atoms with E-state index in [1.165, 1.54) is 5.01 Å².